The molecule has 5 aromatic carbocycles. The first kappa shape index (κ1) is 27.8. The smallest absolute Gasteiger partial charge is 0.337 e. The maximum Gasteiger partial charge on any atom is 0.337 e. The van der Waals surface area contributed by atoms with Crippen molar-refractivity contribution in [3.63, 3.8) is 0 Å². The first-order chi connectivity index (χ1) is 21.2. The van der Waals surface area contributed by atoms with E-state index in [0.717, 1.165) is 29.4 Å². The second-order valence-corrected chi connectivity index (χ2v) is 10.3. The van der Waals surface area contributed by atoms with Crippen LogP contribution in [0.5, 0.6) is 17.2 Å². The highest BCUT2D eigenvalue weighted by Gasteiger charge is 2.19. The number of aromatic nitrogens is 2. The maximum atomic E-state index is 13.2. The van der Waals surface area contributed by atoms with Crippen LogP contribution in [0.15, 0.2) is 157 Å². The summed E-state index contributed by atoms with van der Waals surface area (Å²) in [6.45, 7) is 1.28. The van der Waals surface area contributed by atoms with Crippen LogP contribution in [0.25, 0.3) is 11.4 Å². The van der Waals surface area contributed by atoms with Gasteiger partial charge in [-0.05, 0) is 78.8 Å². The Labute approximate surface area is 251 Å². The summed E-state index contributed by atoms with van der Waals surface area (Å²) >= 11 is 0. The zero-order valence-corrected chi connectivity index (χ0v) is 24.0. The van der Waals surface area contributed by atoms with E-state index < -0.39 is 0 Å². The standard InChI is InChI=1S/C37H33N3O3/c1-38(36(29-11-5-2-6-12-29)30-13-7-3-8-14-30)27-28-42-33-21-17-31(18-22-33)39-25-26-40(37(39)41)32-19-23-35(24-20-32)43-34-15-9-4-10-16-34/h2-26,36H,27-28H2,1H3. The Morgan fingerprint density at radius 3 is 1.53 bits per heavy atom. The number of rotatable bonds is 11. The van der Waals surface area contributed by atoms with Crippen molar-refractivity contribution in [3.05, 3.63) is 174 Å². The molecule has 0 fully saturated rings. The van der Waals surface area contributed by atoms with Gasteiger partial charge in [0.2, 0.25) is 0 Å². The van der Waals surface area contributed by atoms with Gasteiger partial charge >= 0.3 is 5.69 Å². The fourth-order valence-electron chi connectivity index (χ4n) is 5.18. The molecular formula is C37H33N3O3. The lowest BCUT2D eigenvalue weighted by Gasteiger charge is -2.29. The number of imidazole rings is 1. The van der Waals surface area contributed by atoms with Gasteiger partial charge in [0.1, 0.15) is 23.9 Å². The lowest BCUT2D eigenvalue weighted by molar-refractivity contribution is 0.210. The van der Waals surface area contributed by atoms with E-state index in [4.69, 9.17) is 9.47 Å². The van der Waals surface area contributed by atoms with Crippen LogP contribution in [0, 0.1) is 0 Å². The Morgan fingerprint density at radius 2 is 1.02 bits per heavy atom. The maximum absolute atomic E-state index is 13.2. The van der Waals surface area contributed by atoms with Gasteiger partial charge < -0.3 is 9.47 Å². The van der Waals surface area contributed by atoms with Crippen molar-refractivity contribution in [3.8, 4) is 28.6 Å². The van der Waals surface area contributed by atoms with Crippen molar-refractivity contribution >= 4 is 0 Å². The molecule has 214 valence electrons. The van der Waals surface area contributed by atoms with Crippen molar-refractivity contribution in [2.45, 2.75) is 6.04 Å². The van der Waals surface area contributed by atoms with E-state index in [1.165, 1.54) is 11.1 Å². The van der Waals surface area contributed by atoms with Crippen LogP contribution in [0.1, 0.15) is 17.2 Å². The summed E-state index contributed by atoms with van der Waals surface area (Å²) < 4.78 is 15.2. The quantitative estimate of drug-likeness (QED) is 0.162. The van der Waals surface area contributed by atoms with Crippen molar-refractivity contribution in [2.24, 2.45) is 0 Å². The minimum absolute atomic E-state index is 0.136. The Bertz CT molecular complexity index is 1740. The molecule has 0 aliphatic carbocycles. The van der Waals surface area contributed by atoms with Gasteiger partial charge in [0.15, 0.2) is 0 Å². The zero-order chi connectivity index (χ0) is 29.4. The second-order valence-electron chi connectivity index (χ2n) is 10.3. The zero-order valence-electron chi connectivity index (χ0n) is 24.0. The number of nitrogens with zero attached hydrogens (tertiary/aromatic N) is 3. The van der Waals surface area contributed by atoms with Crippen LogP contribution in [0.2, 0.25) is 0 Å². The first-order valence-electron chi connectivity index (χ1n) is 14.3. The largest absolute Gasteiger partial charge is 0.492 e. The van der Waals surface area contributed by atoms with Crippen LogP contribution in [-0.2, 0) is 0 Å². The third kappa shape index (κ3) is 6.61. The number of ether oxygens (including phenoxy) is 2. The molecule has 0 aliphatic rings. The first-order valence-corrected chi connectivity index (χ1v) is 14.3. The molecule has 0 bridgehead atoms. The summed E-state index contributed by atoms with van der Waals surface area (Å²) in [5, 5.41) is 0. The van der Waals surface area contributed by atoms with Gasteiger partial charge in [0.05, 0.1) is 17.4 Å². The topological polar surface area (TPSA) is 48.6 Å². The van der Waals surface area contributed by atoms with E-state index in [-0.39, 0.29) is 11.7 Å². The molecule has 0 N–H and O–H groups in total. The SMILES string of the molecule is CN(CCOc1ccc(-n2ccn(-c3ccc(Oc4ccccc4)cc3)c2=O)cc1)C(c1ccccc1)c1ccccc1. The van der Waals surface area contributed by atoms with E-state index >= 15 is 0 Å². The third-order valence-corrected chi connectivity index (χ3v) is 7.37. The number of hydrogen-bond donors (Lipinski definition) is 0. The summed E-state index contributed by atoms with van der Waals surface area (Å²) in [5.41, 5.74) is 3.87. The molecule has 0 unspecified atom stereocenters. The molecule has 0 saturated heterocycles. The average molecular weight is 568 g/mol. The minimum Gasteiger partial charge on any atom is -0.492 e. The molecule has 0 aliphatic heterocycles. The van der Waals surface area contributed by atoms with Crippen molar-refractivity contribution < 1.29 is 9.47 Å². The van der Waals surface area contributed by atoms with Crippen LogP contribution < -0.4 is 15.2 Å². The Morgan fingerprint density at radius 1 is 0.581 bits per heavy atom. The molecule has 43 heavy (non-hydrogen) atoms. The molecule has 6 rings (SSSR count). The number of benzene rings is 5. The van der Waals surface area contributed by atoms with E-state index in [1.54, 1.807) is 21.5 Å². The minimum atomic E-state index is -0.153. The van der Waals surface area contributed by atoms with Crippen LogP contribution in [0.3, 0.4) is 0 Å². The van der Waals surface area contributed by atoms with Gasteiger partial charge in [0.25, 0.3) is 0 Å². The third-order valence-electron chi connectivity index (χ3n) is 7.37. The summed E-state index contributed by atoms with van der Waals surface area (Å²) in [4.78, 5) is 15.5. The van der Waals surface area contributed by atoms with Gasteiger partial charge in [-0.1, -0.05) is 78.9 Å². The van der Waals surface area contributed by atoms with E-state index in [9.17, 15) is 4.79 Å². The fourth-order valence-corrected chi connectivity index (χ4v) is 5.18. The molecule has 6 aromatic rings. The Balaban J connectivity index is 1.08. The predicted octanol–water partition coefficient (Wildman–Crippen LogP) is 7.52. The average Bonchev–Trinajstić information content (AvgIpc) is 3.44. The van der Waals surface area contributed by atoms with Crippen LogP contribution in [0.4, 0.5) is 0 Å². The normalized spacial score (nSPS) is 11.1. The van der Waals surface area contributed by atoms with Crippen molar-refractivity contribution in [2.75, 3.05) is 20.2 Å². The molecule has 1 aromatic heterocycles. The van der Waals surface area contributed by atoms with Gasteiger partial charge in [-0.15, -0.1) is 0 Å². The molecular weight excluding hydrogens is 534 g/mol. The molecule has 6 heteroatoms. The monoisotopic (exact) mass is 567 g/mol. The molecule has 1 heterocycles. The van der Waals surface area contributed by atoms with Crippen molar-refractivity contribution in [1.82, 2.24) is 14.0 Å². The lowest BCUT2D eigenvalue weighted by atomic mass is 9.97. The molecule has 0 spiro atoms. The fraction of sp³-hybridized carbons (Fsp3) is 0.108. The summed E-state index contributed by atoms with van der Waals surface area (Å²) in [5.74, 6) is 2.23. The van der Waals surface area contributed by atoms with Crippen LogP contribution in [-0.4, -0.2) is 34.2 Å². The highest BCUT2D eigenvalue weighted by molar-refractivity contribution is 5.42. The second kappa shape index (κ2) is 13.1. The van der Waals surface area contributed by atoms with E-state index in [2.05, 4.69) is 60.5 Å². The van der Waals surface area contributed by atoms with Gasteiger partial charge in [-0.3, -0.25) is 14.0 Å². The molecule has 6 nitrogen and oxygen atoms in total. The van der Waals surface area contributed by atoms with Crippen molar-refractivity contribution in [1.29, 1.82) is 0 Å². The molecule has 0 amide bonds. The van der Waals surface area contributed by atoms with Gasteiger partial charge in [0, 0.05) is 18.9 Å². The summed E-state index contributed by atoms with van der Waals surface area (Å²) in [6.07, 6.45) is 3.54. The number of para-hydroxylation sites is 1. The van der Waals surface area contributed by atoms with Crippen LogP contribution >= 0.6 is 0 Å². The highest BCUT2D eigenvalue weighted by atomic mass is 16.5. The Kier molecular flexibility index (Phi) is 8.48. The van der Waals surface area contributed by atoms with Gasteiger partial charge in [-0.25, -0.2) is 4.79 Å². The number of likely N-dealkylation sites (N-methyl/N-ethyl adjacent to an activating group) is 1. The Hall–Kier alpha value is -5.33. The molecule has 0 atom stereocenters. The highest BCUT2D eigenvalue weighted by Crippen LogP contribution is 2.27. The summed E-state index contributed by atoms with van der Waals surface area (Å²) in [6, 6.07) is 45.9. The number of hydrogen-bond acceptors (Lipinski definition) is 4. The lowest BCUT2D eigenvalue weighted by Crippen LogP contribution is -2.29. The van der Waals surface area contributed by atoms with E-state index in [1.807, 2.05) is 91.0 Å². The molecule has 0 saturated carbocycles. The summed E-state index contributed by atoms with van der Waals surface area (Å²) in [7, 11) is 2.12. The van der Waals surface area contributed by atoms with E-state index in [0.29, 0.717) is 12.4 Å². The predicted molar refractivity (Wildman–Crippen MR) is 171 cm³/mol. The molecule has 0 radical (unpaired) electrons. The van der Waals surface area contributed by atoms with Gasteiger partial charge in [-0.2, -0.15) is 0 Å².